The second-order valence-electron chi connectivity index (χ2n) is 10.4. The Morgan fingerprint density at radius 1 is 1.03 bits per heavy atom. The van der Waals surface area contributed by atoms with Crippen molar-refractivity contribution in [3.8, 4) is 0 Å². The number of nitrogens with zero attached hydrogens (tertiary/aromatic N) is 2. The number of benzene rings is 2. The molecule has 4 rings (SSSR count). The third-order valence-corrected chi connectivity index (χ3v) is 5.52. The van der Waals surface area contributed by atoms with Gasteiger partial charge in [0.2, 0.25) is 5.90 Å². The van der Waals surface area contributed by atoms with Gasteiger partial charge in [-0.15, -0.1) is 0 Å². The predicted octanol–water partition coefficient (Wildman–Crippen LogP) is 6.15. The number of allylic oxidation sites excluding steroid dienone is 1. The molecule has 3 aromatic rings. The summed E-state index contributed by atoms with van der Waals surface area (Å²) >= 11 is 0. The van der Waals surface area contributed by atoms with Gasteiger partial charge in [0.05, 0.1) is 5.52 Å². The average molecular weight is 459 g/mol. The second-order valence-corrected chi connectivity index (χ2v) is 10.4. The van der Waals surface area contributed by atoms with Crippen LogP contribution < -0.4 is 0 Å². The first kappa shape index (κ1) is 23.5. The summed E-state index contributed by atoms with van der Waals surface area (Å²) in [6.45, 7) is 11.9. The Balaban J connectivity index is 1.60. The van der Waals surface area contributed by atoms with E-state index in [0.29, 0.717) is 12.3 Å². The van der Waals surface area contributed by atoms with Crippen LogP contribution in [-0.2, 0) is 26.1 Å². The molecule has 0 unspecified atom stereocenters. The van der Waals surface area contributed by atoms with Crippen molar-refractivity contribution in [3.63, 3.8) is 0 Å². The number of aliphatic imine (C=N–C) groups is 1. The van der Waals surface area contributed by atoms with Gasteiger partial charge >= 0.3 is 12.1 Å². The van der Waals surface area contributed by atoms with Crippen LogP contribution in [0.3, 0.4) is 0 Å². The van der Waals surface area contributed by atoms with Crippen LogP contribution in [0.5, 0.6) is 0 Å². The molecule has 6 heteroatoms. The highest BCUT2D eigenvalue weighted by Gasteiger charge is 2.25. The summed E-state index contributed by atoms with van der Waals surface area (Å²) in [6.07, 6.45) is 3.47. The Bertz CT molecular complexity index is 1310. The van der Waals surface area contributed by atoms with E-state index in [1.165, 1.54) is 10.1 Å². The van der Waals surface area contributed by atoms with Gasteiger partial charge in [-0.1, -0.05) is 51.1 Å². The standard InChI is InChI=1S/C28H30N2O4/c1-27(2,3)20-14-11-18(12-15-20)24-29-22(25(31)33-24)16-13-19-17-30(26(32)34-28(4,5)6)23-10-8-7-9-21(19)23/h7-12,14-17H,13H2,1-6H3/b22-16+. The molecule has 0 saturated carbocycles. The molecule has 1 aliphatic rings. The molecule has 6 nitrogen and oxygen atoms in total. The van der Waals surface area contributed by atoms with Crippen molar-refractivity contribution in [2.45, 2.75) is 59.0 Å². The molecule has 1 aliphatic heterocycles. The lowest BCUT2D eigenvalue weighted by Crippen LogP contribution is -2.26. The fraction of sp³-hybridized carbons (Fsp3) is 0.321. The van der Waals surface area contributed by atoms with Crippen LogP contribution in [0.2, 0.25) is 0 Å². The van der Waals surface area contributed by atoms with Crippen molar-refractivity contribution in [1.29, 1.82) is 0 Å². The maximum absolute atomic E-state index is 12.7. The Hall–Kier alpha value is -3.67. The lowest BCUT2D eigenvalue weighted by molar-refractivity contribution is -0.130. The highest BCUT2D eigenvalue weighted by molar-refractivity contribution is 6.11. The van der Waals surface area contributed by atoms with Crippen LogP contribution >= 0.6 is 0 Å². The molecule has 0 spiro atoms. The van der Waals surface area contributed by atoms with E-state index in [1.807, 2.05) is 69.3 Å². The van der Waals surface area contributed by atoms with Gasteiger partial charge in [-0.3, -0.25) is 4.57 Å². The molecule has 0 saturated heterocycles. The number of carbonyl (C=O) groups is 2. The molecule has 2 heterocycles. The Labute approximate surface area is 199 Å². The third-order valence-electron chi connectivity index (χ3n) is 5.52. The summed E-state index contributed by atoms with van der Waals surface area (Å²) in [5.41, 5.74) is 3.28. The van der Waals surface area contributed by atoms with Crippen LogP contribution in [0, 0.1) is 0 Å². The number of fused-ring (bicyclic) bond motifs is 1. The van der Waals surface area contributed by atoms with Gasteiger partial charge in [0.15, 0.2) is 0 Å². The number of hydrogen-bond acceptors (Lipinski definition) is 5. The molecule has 0 radical (unpaired) electrons. The first-order chi connectivity index (χ1) is 15.9. The summed E-state index contributed by atoms with van der Waals surface area (Å²) in [5.74, 6) is -0.182. The highest BCUT2D eigenvalue weighted by atomic mass is 16.6. The lowest BCUT2D eigenvalue weighted by atomic mass is 9.87. The Kier molecular flexibility index (Phi) is 5.94. The molecule has 2 aromatic carbocycles. The van der Waals surface area contributed by atoms with Crippen molar-refractivity contribution < 1.29 is 19.1 Å². The number of hydrogen-bond donors (Lipinski definition) is 0. The van der Waals surface area contributed by atoms with E-state index in [2.05, 4.69) is 25.8 Å². The molecule has 0 amide bonds. The quantitative estimate of drug-likeness (QED) is 0.349. The summed E-state index contributed by atoms with van der Waals surface area (Å²) < 4.78 is 12.5. The number of para-hydroxylation sites is 1. The molecule has 0 N–H and O–H groups in total. The number of cyclic esters (lactones) is 1. The fourth-order valence-electron chi connectivity index (χ4n) is 3.76. The van der Waals surface area contributed by atoms with Crippen LogP contribution in [0.4, 0.5) is 4.79 Å². The van der Waals surface area contributed by atoms with Crippen LogP contribution in [0.25, 0.3) is 10.9 Å². The zero-order valence-corrected chi connectivity index (χ0v) is 20.5. The first-order valence-electron chi connectivity index (χ1n) is 11.4. The SMILES string of the molecule is CC(C)(C)OC(=O)n1cc(C/C=C2/N=C(c3ccc(C(C)(C)C)cc3)OC2=O)c2ccccc21. The van der Waals surface area contributed by atoms with E-state index in [1.54, 1.807) is 12.3 Å². The van der Waals surface area contributed by atoms with E-state index >= 15 is 0 Å². The molecular formula is C28H30N2O4. The van der Waals surface area contributed by atoms with Crippen molar-refractivity contribution in [3.05, 3.63) is 83.2 Å². The molecule has 0 fully saturated rings. The first-order valence-corrected chi connectivity index (χ1v) is 11.4. The topological polar surface area (TPSA) is 69.9 Å². The summed E-state index contributed by atoms with van der Waals surface area (Å²) in [4.78, 5) is 29.6. The second kappa shape index (κ2) is 8.60. The number of esters is 1. The van der Waals surface area contributed by atoms with E-state index in [0.717, 1.165) is 22.0 Å². The minimum atomic E-state index is -0.603. The average Bonchev–Trinajstić information content (AvgIpc) is 3.31. The van der Waals surface area contributed by atoms with Gasteiger partial charge in [0, 0.05) is 17.1 Å². The minimum absolute atomic E-state index is 0.0379. The van der Waals surface area contributed by atoms with Gasteiger partial charge in [0.1, 0.15) is 11.3 Å². The molecular weight excluding hydrogens is 428 g/mol. The lowest BCUT2D eigenvalue weighted by Gasteiger charge is -2.19. The molecule has 0 aliphatic carbocycles. The zero-order chi connectivity index (χ0) is 24.7. The maximum Gasteiger partial charge on any atom is 0.419 e. The maximum atomic E-state index is 12.7. The Morgan fingerprint density at radius 3 is 2.35 bits per heavy atom. The van der Waals surface area contributed by atoms with Crippen molar-refractivity contribution in [2.75, 3.05) is 0 Å². The summed E-state index contributed by atoms with van der Waals surface area (Å²) in [7, 11) is 0. The van der Waals surface area contributed by atoms with Gasteiger partial charge in [-0.25, -0.2) is 14.6 Å². The van der Waals surface area contributed by atoms with E-state index in [4.69, 9.17) is 9.47 Å². The number of aromatic nitrogens is 1. The van der Waals surface area contributed by atoms with Gasteiger partial charge in [-0.05, 0) is 68.0 Å². The third kappa shape index (κ3) is 4.96. The molecule has 0 bridgehead atoms. The predicted molar refractivity (Wildman–Crippen MR) is 133 cm³/mol. The van der Waals surface area contributed by atoms with Crippen molar-refractivity contribution in [1.82, 2.24) is 4.57 Å². The number of rotatable bonds is 3. The Morgan fingerprint density at radius 2 is 1.71 bits per heavy atom. The smallest absolute Gasteiger partial charge is 0.419 e. The highest BCUT2D eigenvalue weighted by Crippen LogP contribution is 2.26. The number of carbonyl (C=O) groups excluding carboxylic acids is 2. The fourth-order valence-corrected chi connectivity index (χ4v) is 3.76. The summed E-state index contributed by atoms with van der Waals surface area (Å²) in [5, 5.41) is 0.915. The van der Waals surface area contributed by atoms with Gasteiger partial charge in [0.25, 0.3) is 0 Å². The molecule has 176 valence electrons. The van der Waals surface area contributed by atoms with Crippen molar-refractivity contribution >= 4 is 28.9 Å². The molecule has 34 heavy (non-hydrogen) atoms. The van der Waals surface area contributed by atoms with E-state index in [-0.39, 0.29) is 11.1 Å². The van der Waals surface area contributed by atoms with E-state index in [9.17, 15) is 9.59 Å². The molecule has 0 atom stereocenters. The largest absolute Gasteiger partial charge is 0.443 e. The molecule has 1 aromatic heterocycles. The van der Waals surface area contributed by atoms with E-state index < -0.39 is 17.7 Å². The van der Waals surface area contributed by atoms with Crippen molar-refractivity contribution in [2.24, 2.45) is 4.99 Å². The zero-order valence-electron chi connectivity index (χ0n) is 20.5. The van der Waals surface area contributed by atoms with Gasteiger partial charge < -0.3 is 9.47 Å². The summed E-state index contributed by atoms with van der Waals surface area (Å²) in [6, 6.07) is 15.5. The van der Waals surface area contributed by atoms with Crippen LogP contribution in [0.1, 0.15) is 58.2 Å². The minimum Gasteiger partial charge on any atom is -0.443 e. The van der Waals surface area contributed by atoms with Gasteiger partial charge in [-0.2, -0.15) is 0 Å². The van der Waals surface area contributed by atoms with Crippen LogP contribution in [-0.4, -0.2) is 28.1 Å². The monoisotopic (exact) mass is 458 g/mol. The number of ether oxygens (including phenoxy) is 2. The normalized spacial score (nSPS) is 15.5. The van der Waals surface area contributed by atoms with Crippen LogP contribution in [0.15, 0.2) is 71.5 Å².